The van der Waals surface area contributed by atoms with Crippen molar-refractivity contribution in [1.29, 1.82) is 0 Å². The summed E-state index contributed by atoms with van der Waals surface area (Å²) in [5.74, 6) is 0. The van der Waals surface area contributed by atoms with Crippen LogP contribution in [-0.2, 0) is 0 Å². The number of H-pyrrole nitrogens is 1. The molecule has 2 rings (SSSR count). The maximum atomic E-state index is 11.3. The number of aromatic amines is 1. The molecule has 1 aromatic heterocycles. The normalized spacial score (nSPS) is 10.4. The highest BCUT2D eigenvalue weighted by atomic mass is 16.1. The van der Waals surface area contributed by atoms with Gasteiger partial charge in [-0.2, -0.15) is 0 Å². The van der Waals surface area contributed by atoms with E-state index in [9.17, 15) is 4.79 Å². The minimum atomic E-state index is -0.0487. The van der Waals surface area contributed by atoms with Crippen LogP contribution < -0.4 is 5.43 Å². The van der Waals surface area contributed by atoms with Gasteiger partial charge < -0.3 is 4.98 Å². The third-order valence-corrected chi connectivity index (χ3v) is 1.85. The van der Waals surface area contributed by atoms with Gasteiger partial charge in [0.1, 0.15) is 0 Å². The quantitative estimate of drug-likeness (QED) is 0.621. The van der Waals surface area contributed by atoms with Gasteiger partial charge in [0.2, 0.25) is 0 Å². The smallest absolute Gasteiger partial charge is 0.197 e. The summed E-state index contributed by atoms with van der Waals surface area (Å²) in [7, 11) is 0. The lowest BCUT2D eigenvalue weighted by Crippen LogP contribution is -2.00. The average Bonchev–Trinajstić information content (AvgIpc) is 2.07. The Balaban J connectivity index is 2.98. The summed E-state index contributed by atoms with van der Waals surface area (Å²) in [4.78, 5) is 14.2. The highest BCUT2D eigenvalue weighted by Gasteiger charge is 1.96. The molecule has 0 amide bonds. The average molecular weight is 158 g/mol. The van der Waals surface area contributed by atoms with Crippen molar-refractivity contribution in [1.82, 2.24) is 4.98 Å². The van der Waals surface area contributed by atoms with Gasteiger partial charge in [-0.15, -0.1) is 0 Å². The van der Waals surface area contributed by atoms with E-state index in [0.717, 1.165) is 11.1 Å². The molecule has 1 aromatic carbocycles. The van der Waals surface area contributed by atoms with Crippen molar-refractivity contribution in [3.8, 4) is 0 Å². The van der Waals surface area contributed by atoms with Gasteiger partial charge in [0.25, 0.3) is 0 Å². The Labute approximate surface area is 69.9 Å². The number of rotatable bonds is 0. The maximum absolute atomic E-state index is 11.3. The molecule has 0 aliphatic rings. The summed E-state index contributed by atoms with van der Waals surface area (Å²) in [5, 5.41) is 0.706. The summed E-state index contributed by atoms with van der Waals surface area (Å²) in [6.45, 7) is 1.96. The molecule has 1 N–H and O–H groups in total. The first-order valence-corrected chi connectivity index (χ1v) is 3.77. The van der Waals surface area contributed by atoms with Crippen LogP contribution in [0, 0.1) is 13.0 Å². The SMILES string of the molecule is Cc1ccc2[nH]c[c]c(=O)c2c1. The molecule has 59 valence electrons. The molecule has 12 heavy (non-hydrogen) atoms. The number of hydrogen-bond acceptors (Lipinski definition) is 1. The zero-order chi connectivity index (χ0) is 8.55. The number of fused-ring (bicyclic) bond motifs is 1. The fourth-order valence-corrected chi connectivity index (χ4v) is 1.23. The predicted molar refractivity (Wildman–Crippen MR) is 48.1 cm³/mol. The maximum Gasteiger partial charge on any atom is 0.197 e. The van der Waals surface area contributed by atoms with E-state index in [1.165, 1.54) is 0 Å². The number of nitrogens with one attached hydrogen (secondary N) is 1. The van der Waals surface area contributed by atoms with E-state index in [1.807, 2.05) is 25.1 Å². The summed E-state index contributed by atoms with van der Waals surface area (Å²) in [6.07, 6.45) is 1.54. The van der Waals surface area contributed by atoms with E-state index in [1.54, 1.807) is 6.20 Å². The molecule has 0 unspecified atom stereocenters. The lowest BCUT2D eigenvalue weighted by atomic mass is 10.1. The first-order valence-electron chi connectivity index (χ1n) is 3.77. The minimum Gasteiger partial charge on any atom is -0.360 e. The van der Waals surface area contributed by atoms with Crippen LogP contribution in [0.5, 0.6) is 0 Å². The molecule has 2 aromatic rings. The number of aryl methyl sites for hydroxylation is 1. The van der Waals surface area contributed by atoms with Crippen LogP contribution in [0.4, 0.5) is 0 Å². The summed E-state index contributed by atoms with van der Waals surface area (Å²) >= 11 is 0. The largest absolute Gasteiger partial charge is 0.360 e. The molecule has 1 heterocycles. The molecule has 0 aliphatic carbocycles. The minimum absolute atomic E-state index is 0.0487. The highest BCUT2D eigenvalue weighted by Crippen LogP contribution is 2.07. The number of aromatic nitrogens is 1. The molecule has 0 atom stereocenters. The van der Waals surface area contributed by atoms with Gasteiger partial charge in [0.05, 0.1) is 6.07 Å². The molecule has 0 spiro atoms. The summed E-state index contributed by atoms with van der Waals surface area (Å²) in [5.41, 5.74) is 1.91. The lowest BCUT2D eigenvalue weighted by molar-refractivity contribution is 1.37. The monoisotopic (exact) mass is 158 g/mol. The van der Waals surface area contributed by atoms with Gasteiger partial charge in [0, 0.05) is 17.1 Å². The molecule has 1 radical (unpaired) electrons. The van der Waals surface area contributed by atoms with Gasteiger partial charge in [-0.05, 0) is 19.1 Å². The molecule has 0 fully saturated rings. The van der Waals surface area contributed by atoms with Crippen LogP contribution in [0.15, 0.2) is 29.2 Å². The molecular formula is C10H8NO. The molecule has 0 aliphatic heterocycles. The third kappa shape index (κ3) is 1.01. The van der Waals surface area contributed by atoms with E-state index in [-0.39, 0.29) is 5.43 Å². The van der Waals surface area contributed by atoms with Crippen molar-refractivity contribution in [3.63, 3.8) is 0 Å². The van der Waals surface area contributed by atoms with Crippen LogP contribution in [0.25, 0.3) is 10.9 Å². The van der Waals surface area contributed by atoms with Crippen molar-refractivity contribution < 1.29 is 0 Å². The van der Waals surface area contributed by atoms with Crippen LogP contribution in [0.2, 0.25) is 0 Å². The van der Waals surface area contributed by atoms with E-state index >= 15 is 0 Å². The van der Waals surface area contributed by atoms with Gasteiger partial charge in [-0.25, -0.2) is 0 Å². The van der Waals surface area contributed by atoms with Gasteiger partial charge in [-0.3, -0.25) is 4.79 Å². The summed E-state index contributed by atoms with van der Waals surface area (Å²) < 4.78 is 0. The topological polar surface area (TPSA) is 32.9 Å². The number of benzene rings is 1. The Morgan fingerprint density at radius 1 is 1.42 bits per heavy atom. The van der Waals surface area contributed by atoms with Gasteiger partial charge in [0.15, 0.2) is 5.43 Å². The zero-order valence-corrected chi connectivity index (χ0v) is 6.72. The van der Waals surface area contributed by atoms with Crippen molar-refractivity contribution in [3.05, 3.63) is 46.2 Å². The van der Waals surface area contributed by atoms with Crippen LogP contribution in [0.3, 0.4) is 0 Å². The fourth-order valence-electron chi connectivity index (χ4n) is 1.23. The van der Waals surface area contributed by atoms with E-state index in [2.05, 4.69) is 11.1 Å². The van der Waals surface area contributed by atoms with E-state index in [0.29, 0.717) is 5.39 Å². The van der Waals surface area contributed by atoms with Crippen molar-refractivity contribution in [2.24, 2.45) is 0 Å². The molecular weight excluding hydrogens is 150 g/mol. The Kier molecular flexibility index (Phi) is 1.47. The fraction of sp³-hybridized carbons (Fsp3) is 0.100. The first kappa shape index (κ1) is 7.10. The molecule has 2 nitrogen and oxygen atoms in total. The Morgan fingerprint density at radius 3 is 3.08 bits per heavy atom. The molecule has 0 saturated heterocycles. The second-order valence-electron chi connectivity index (χ2n) is 2.81. The van der Waals surface area contributed by atoms with Crippen LogP contribution in [0.1, 0.15) is 5.56 Å². The predicted octanol–water partition coefficient (Wildman–Crippen LogP) is 1.64. The van der Waals surface area contributed by atoms with E-state index < -0.39 is 0 Å². The lowest BCUT2D eigenvalue weighted by Gasteiger charge is -1.96. The van der Waals surface area contributed by atoms with Gasteiger partial charge in [-0.1, -0.05) is 11.6 Å². The van der Waals surface area contributed by atoms with Crippen molar-refractivity contribution in [2.75, 3.05) is 0 Å². The second kappa shape index (κ2) is 2.48. The van der Waals surface area contributed by atoms with Crippen molar-refractivity contribution in [2.45, 2.75) is 6.92 Å². The first-order chi connectivity index (χ1) is 5.77. The van der Waals surface area contributed by atoms with E-state index in [4.69, 9.17) is 0 Å². The Morgan fingerprint density at radius 2 is 2.25 bits per heavy atom. The number of pyridine rings is 1. The second-order valence-corrected chi connectivity index (χ2v) is 2.81. The van der Waals surface area contributed by atoms with Crippen LogP contribution in [-0.4, -0.2) is 4.98 Å². The Hall–Kier alpha value is -1.57. The van der Waals surface area contributed by atoms with Gasteiger partial charge >= 0.3 is 0 Å². The molecule has 2 heteroatoms. The highest BCUT2D eigenvalue weighted by molar-refractivity contribution is 5.78. The van der Waals surface area contributed by atoms with Crippen molar-refractivity contribution >= 4 is 10.9 Å². The molecule has 0 bridgehead atoms. The number of hydrogen-bond donors (Lipinski definition) is 1. The zero-order valence-electron chi connectivity index (χ0n) is 6.72. The van der Waals surface area contributed by atoms with Crippen LogP contribution >= 0.6 is 0 Å². The Bertz CT molecular complexity index is 470. The standard InChI is InChI=1S/C10H8NO/c1-7-2-3-9-8(6-7)10(12)4-5-11-9/h2-3,5-6H,1H3,(H,11,12). The summed E-state index contributed by atoms with van der Waals surface area (Å²) in [6, 6.07) is 8.33. The third-order valence-electron chi connectivity index (χ3n) is 1.85. The molecule has 0 saturated carbocycles.